The number of amides is 3. The first-order valence-corrected chi connectivity index (χ1v) is 11.5. The molecule has 1 heterocycles. The summed E-state index contributed by atoms with van der Waals surface area (Å²) >= 11 is 1.24. The molecule has 2 rings (SSSR count). The predicted octanol–water partition coefficient (Wildman–Crippen LogP) is 2.02. The molecule has 2 fully saturated rings. The Hall–Kier alpha value is -1.28. The summed E-state index contributed by atoms with van der Waals surface area (Å²) in [6.07, 6.45) is 6.06. The highest BCUT2D eigenvalue weighted by Crippen LogP contribution is 2.27. The van der Waals surface area contributed by atoms with Crippen LogP contribution in [0, 0.1) is 5.92 Å². The van der Waals surface area contributed by atoms with Crippen LogP contribution in [-0.4, -0.2) is 89.9 Å². The number of hydrogen-bond donors (Lipinski definition) is 1. The van der Waals surface area contributed by atoms with Crippen LogP contribution in [0.2, 0.25) is 0 Å². The quantitative estimate of drug-likeness (QED) is 0.660. The smallest absolute Gasteiger partial charge is 0.318 e. The molecule has 1 atom stereocenters. The van der Waals surface area contributed by atoms with Gasteiger partial charge in [-0.3, -0.25) is 9.59 Å². The minimum atomic E-state index is -0.537. The van der Waals surface area contributed by atoms with Crippen molar-refractivity contribution in [2.24, 2.45) is 5.92 Å². The number of piperazine rings is 1. The Balaban J connectivity index is 1.85. The van der Waals surface area contributed by atoms with E-state index in [9.17, 15) is 14.4 Å². The number of nitrogens with zero attached hydrogens (tertiary/aromatic N) is 3. The number of rotatable bonds is 8. The number of likely N-dealkylation sites (N-methyl/N-ethyl adjacent to an activating group) is 1. The average Bonchev–Trinajstić information content (AvgIpc) is 3.17. The lowest BCUT2D eigenvalue weighted by atomic mass is 10.0. The van der Waals surface area contributed by atoms with Gasteiger partial charge in [0.1, 0.15) is 6.04 Å². The number of carbonyl (C=O) groups excluding carboxylic acids is 3. The highest BCUT2D eigenvalue weighted by Gasteiger charge is 2.26. The molecule has 0 spiro atoms. The van der Waals surface area contributed by atoms with E-state index in [0.717, 1.165) is 19.5 Å². The minimum absolute atomic E-state index is 0.0182. The molecule has 1 saturated carbocycles. The maximum atomic E-state index is 12.8. The van der Waals surface area contributed by atoms with Gasteiger partial charge < -0.3 is 20.0 Å². The SMILES string of the molecule is CC(=O)SCCN(CCC1CCCC1)C(=O)N[C@H](C)C(=O)N1CCN(C)CC1. The van der Waals surface area contributed by atoms with Gasteiger partial charge in [-0.2, -0.15) is 0 Å². The second-order valence-electron chi connectivity index (χ2n) is 8.07. The Morgan fingerprint density at radius 2 is 1.75 bits per heavy atom. The normalized spacial score (nSPS) is 19.5. The lowest BCUT2D eigenvalue weighted by Gasteiger charge is -2.34. The van der Waals surface area contributed by atoms with Gasteiger partial charge in [0, 0.05) is 51.9 Å². The lowest BCUT2D eigenvalue weighted by molar-refractivity contribution is -0.134. The molecule has 8 heteroatoms. The minimum Gasteiger partial charge on any atom is -0.338 e. The first-order valence-electron chi connectivity index (χ1n) is 10.5. The van der Waals surface area contributed by atoms with Crippen LogP contribution in [-0.2, 0) is 9.59 Å². The topological polar surface area (TPSA) is 73.0 Å². The molecule has 28 heavy (non-hydrogen) atoms. The Morgan fingerprint density at radius 3 is 2.36 bits per heavy atom. The highest BCUT2D eigenvalue weighted by atomic mass is 32.2. The van der Waals surface area contributed by atoms with Gasteiger partial charge in [0.25, 0.3) is 0 Å². The maximum absolute atomic E-state index is 12.8. The third-order valence-electron chi connectivity index (χ3n) is 5.76. The summed E-state index contributed by atoms with van der Waals surface area (Å²) in [5.74, 6) is 1.27. The Bertz CT molecular complexity index is 532. The van der Waals surface area contributed by atoms with E-state index in [1.807, 2.05) is 11.9 Å². The van der Waals surface area contributed by atoms with Crippen molar-refractivity contribution in [3.8, 4) is 0 Å². The fourth-order valence-corrected chi connectivity index (χ4v) is 4.49. The first-order chi connectivity index (χ1) is 13.4. The number of nitrogens with one attached hydrogen (secondary N) is 1. The van der Waals surface area contributed by atoms with E-state index in [0.29, 0.717) is 37.8 Å². The molecule has 0 aromatic rings. The molecule has 3 amide bonds. The first kappa shape index (κ1) is 23.0. The van der Waals surface area contributed by atoms with Crippen LogP contribution in [0.1, 0.15) is 46.0 Å². The van der Waals surface area contributed by atoms with Crippen molar-refractivity contribution >= 4 is 28.8 Å². The molecule has 0 radical (unpaired) electrons. The van der Waals surface area contributed by atoms with Gasteiger partial charge in [0.2, 0.25) is 5.91 Å². The lowest BCUT2D eigenvalue weighted by Crippen LogP contribution is -2.55. The Kier molecular flexibility index (Phi) is 9.58. The monoisotopic (exact) mass is 412 g/mol. The van der Waals surface area contributed by atoms with Crippen molar-refractivity contribution < 1.29 is 14.4 Å². The third kappa shape index (κ3) is 7.62. The van der Waals surface area contributed by atoms with Gasteiger partial charge in [-0.25, -0.2) is 4.79 Å². The van der Waals surface area contributed by atoms with Gasteiger partial charge in [-0.15, -0.1) is 0 Å². The number of thioether (sulfide) groups is 1. The molecule has 160 valence electrons. The van der Waals surface area contributed by atoms with Gasteiger partial charge >= 0.3 is 6.03 Å². The van der Waals surface area contributed by atoms with Gasteiger partial charge in [0.05, 0.1) is 0 Å². The molecule has 2 aliphatic rings. The average molecular weight is 413 g/mol. The van der Waals surface area contributed by atoms with E-state index < -0.39 is 6.04 Å². The van der Waals surface area contributed by atoms with E-state index >= 15 is 0 Å². The standard InChI is InChI=1S/C20H36N4O3S/c1-16(19(26)23-12-10-22(3)11-13-23)21-20(27)24(14-15-28-17(2)25)9-8-18-6-4-5-7-18/h16,18H,4-15H2,1-3H3,(H,21,27)/t16-/m1/s1. The van der Waals surface area contributed by atoms with Gasteiger partial charge in [0.15, 0.2) is 5.12 Å². The summed E-state index contributed by atoms with van der Waals surface area (Å²) in [7, 11) is 2.05. The van der Waals surface area contributed by atoms with Crippen LogP contribution >= 0.6 is 11.8 Å². The fourth-order valence-electron chi connectivity index (χ4n) is 3.89. The molecule has 1 saturated heterocycles. The van der Waals surface area contributed by atoms with Crippen molar-refractivity contribution in [1.82, 2.24) is 20.0 Å². The van der Waals surface area contributed by atoms with Gasteiger partial charge in [-0.1, -0.05) is 37.4 Å². The molecule has 0 aromatic carbocycles. The highest BCUT2D eigenvalue weighted by molar-refractivity contribution is 8.13. The number of hydrogen-bond acceptors (Lipinski definition) is 5. The van der Waals surface area contributed by atoms with Crippen LogP contribution in [0.25, 0.3) is 0 Å². The molecule has 1 aliphatic heterocycles. The van der Waals surface area contributed by atoms with Crippen molar-refractivity contribution in [2.45, 2.75) is 52.0 Å². The van der Waals surface area contributed by atoms with E-state index in [1.54, 1.807) is 18.7 Å². The zero-order chi connectivity index (χ0) is 20.5. The molecule has 0 unspecified atom stereocenters. The van der Waals surface area contributed by atoms with E-state index in [1.165, 1.54) is 37.4 Å². The Morgan fingerprint density at radius 1 is 1.11 bits per heavy atom. The maximum Gasteiger partial charge on any atom is 0.318 e. The summed E-state index contributed by atoms with van der Waals surface area (Å²) < 4.78 is 0. The van der Waals surface area contributed by atoms with Gasteiger partial charge in [-0.05, 0) is 26.3 Å². The van der Waals surface area contributed by atoms with Crippen molar-refractivity contribution in [3.63, 3.8) is 0 Å². The Labute approximate surface area is 173 Å². The van der Waals surface area contributed by atoms with E-state index in [4.69, 9.17) is 0 Å². The van der Waals surface area contributed by atoms with Crippen molar-refractivity contribution in [1.29, 1.82) is 0 Å². The van der Waals surface area contributed by atoms with Crippen molar-refractivity contribution in [2.75, 3.05) is 52.1 Å². The van der Waals surface area contributed by atoms with Crippen LogP contribution in [0.4, 0.5) is 4.79 Å². The molecular formula is C20H36N4O3S. The third-order valence-corrected chi connectivity index (χ3v) is 6.55. The molecular weight excluding hydrogens is 376 g/mol. The zero-order valence-corrected chi connectivity index (χ0v) is 18.4. The van der Waals surface area contributed by atoms with Crippen LogP contribution in [0.15, 0.2) is 0 Å². The molecule has 1 aliphatic carbocycles. The summed E-state index contributed by atoms with van der Waals surface area (Å²) in [6, 6.07) is -0.734. The predicted molar refractivity (Wildman–Crippen MR) is 113 cm³/mol. The van der Waals surface area contributed by atoms with Crippen molar-refractivity contribution in [3.05, 3.63) is 0 Å². The second kappa shape index (κ2) is 11.7. The van der Waals surface area contributed by atoms with Crippen LogP contribution in [0.5, 0.6) is 0 Å². The summed E-state index contributed by atoms with van der Waals surface area (Å²) in [5.41, 5.74) is 0. The number of urea groups is 1. The molecule has 0 bridgehead atoms. The van der Waals surface area contributed by atoms with Crippen LogP contribution in [0.3, 0.4) is 0 Å². The van der Waals surface area contributed by atoms with E-state index in [2.05, 4.69) is 10.2 Å². The summed E-state index contributed by atoms with van der Waals surface area (Å²) in [6.45, 7) is 7.65. The number of carbonyl (C=O) groups is 3. The summed E-state index contributed by atoms with van der Waals surface area (Å²) in [5, 5.41) is 2.95. The summed E-state index contributed by atoms with van der Waals surface area (Å²) in [4.78, 5) is 42.5. The zero-order valence-electron chi connectivity index (χ0n) is 17.6. The molecule has 1 N–H and O–H groups in total. The van der Waals surface area contributed by atoms with Crippen LogP contribution < -0.4 is 5.32 Å². The van der Waals surface area contributed by atoms with E-state index in [-0.39, 0.29) is 17.1 Å². The fraction of sp³-hybridized carbons (Fsp3) is 0.850. The molecule has 0 aromatic heterocycles. The second-order valence-corrected chi connectivity index (χ2v) is 9.34. The molecule has 7 nitrogen and oxygen atoms in total. The largest absolute Gasteiger partial charge is 0.338 e.